The molecule has 2 aliphatic carbocycles. The molecule has 0 spiro atoms. The molecule has 0 aromatic rings. The standard InChI is InChI=1S/C11H23O3P/c1-14-15(12,13,10-6-2-3-7-10)11-8-4-5-9-11/h10-13H,2-9H2,1H3. The number of hydrogen-bond donors (Lipinski definition) is 2. The first-order chi connectivity index (χ1) is 7.07. The molecule has 2 rings (SSSR count). The van der Waals surface area contributed by atoms with Crippen molar-refractivity contribution in [3.8, 4) is 0 Å². The number of hydrogen-bond acceptors (Lipinski definition) is 3. The van der Waals surface area contributed by atoms with Crippen LogP contribution in [0.4, 0.5) is 0 Å². The van der Waals surface area contributed by atoms with Crippen LogP contribution >= 0.6 is 7.28 Å². The van der Waals surface area contributed by atoms with Gasteiger partial charge in [0, 0.05) is 0 Å². The molecule has 3 nitrogen and oxygen atoms in total. The summed E-state index contributed by atoms with van der Waals surface area (Å²) in [5.74, 6) is 0. The normalized spacial score (nSPS) is 28.1. The fraction of sp³-hybridized carbons (Fsp3) is 1.00. The zero-order valence-corrected chi connectivity index (χ0v) is 10.5. The van der Waals surface area contributed by atoms with Crippen molar-refractivity contribution < 1.29 is 14.3 Å². The monoisotopic (exact) mass is 234 g/mol. The molecule has 2 saturated carbocycles. The summed E-state index contributed by atoms with van der Waals surface area (Å²) in [7, 11) is -2.34. The Balaban J connectivity index is 2.22. The van der Waals surface area contributed by atoms with Gasteiger partial charge in [0.2, 0.25) is 0 Å². The van der Waals surface area contributed by atoms with Gasteiger partial charge < -0.3 is 0 Å². The van der Waals surface area contributed by atoms with E-state index in [1.807, 2.05) is 0 Å². The van der Waals surface area contributed by atoms with Crippen molar-refractivity contribution in [3.63, 3.8) is 0 Å². The summed E-state index contributed by atoms with van der Waals surface area (Å²) in [6, 6.07) is 0. The van der Waals surface area contributed by atoms with Gasteiger partial charge in [0.1, 0.15) is 0 Å². The Labute approximate surface area is 92.0 Å². The second-order valence-electron chi connectivity index (χ2n) is 5.13. The zero-order chi connectivity index (χ0) is 11.0. The quantitative estimate of drug-likeness (QED) is 0.738. The maximum absolute atomic E-state index is 10.7. The van der Waals surface area contributed by atoms with Crippen LogP contribution in [0.5, 0.6) is 0 Å². The van der Waals surface area contributed by atoms with Crippen LogP contribution in [0.3, 0.4) is 0 Å². The predicted octanol–water partition coefficient (Wildman–Crippen LogP) is 2.80. The topological polar surface area (TPSA) is 49.7 Å². The molecule has 2 fully saturated rings. The van der Waals surface area contributed by atoms with E-state index in [0.29, 0.717) is 0 Å². The van der Waals surface area contributed by atoms with Gasteiger partial charge in [0.05, 0.1) is 0 Å². The molecule has 0 aliphatic heterocycles. The van der Waals surface area contributed by atoms with Crippen molar-refractivity contribution in [2.75, 3.05) is 7.11 Å². The van der Waals surface area contributed by atoms with Gasteiger partial charge in [-0.1, -0.05) is 0 Å². The molecule has 0 amide bonds. The Hall–Kier alpha value is 0.310. The van der Waals surface area contributed by atoms with Crippen LogP contribution in [0.2, 0.25) is 0 Å². The minimum absolute atomic E-state index is 0.0316. The summed E-state index contributed by atoms with van der Waals surface area (Å²) in [5, 5.41) is 0. The van der Waals surface area contributed by atoms with Crippen molar-refractivity contribution in [1.82, 2.24) is 0 Å². The van der Waals surface area contributed by atoms with Crippen LogP contribution in [0.15, 0.2) is 0 Å². The molecule has 15 heavy (non-hydrogen) atoms. The van der Waals surface area contributed by atoms with Crippen molar-refractivity contribution >= 4 is 7.28 Å². The fourth-order valence-corrected chi connectivity index (χ4v) is 7.24. The molecule has 0 bridgehead atoms. The maximum atomic E-state index is 10.7. The predicted molar refractivity (Wildman–Crippen MR) is 62.9 cm³/mol. The van der Waals surface area contributed by atoms with Gasteiger partial charge in [-0.2, -0.15) is 0 Å². The molecule has 0 saturated heterocycles. The molecule has 0 aromatic heterocycles. The summed E-state index contributed by atoms with van der Waals surface area (Å²) < 4.78 is 5.33. The van der Waals surface area contributed by atoms with Crippen molar-refractivity contribution in [1.29, 1.82) is 0 Å². The van der Waals surface area contributed by atoms with E-state index in [1.165, 1.54) is 7.11 Å². The van der Waals surface area contributed by atoms with E-state index in [4.69, 9.17) is 4.52 Å². The van der Waals surface area contributed by atoms with Crippen LogP contribution in [-0.2, 0) is 4.52 Å². The van der Waals surface area contributed by atoms with E-state index in [0.717, 1.165) is 51.4 Å². The van der Waals surface area contributed by atoms with E-state index in [2.05, 4.69) is 0 Å². The fourth-order valence-electron chi connectivity index (χ4n) is 3.38. The molecule has 0 heterocycles. The van der Waals surface area contributed by atoms with Crippen LogP contribution in [0, 0.1) is 0 Å². The van der Waals surface area contributed by atoms with E-state index in [-0.39, 0.29) is 11.3 Å². The Morgan fingerprint density at radius 3 is 1.47 bits per heavy atom. The van der Waals surface area contributed by atoms with Gasteiger partial charge >= 0.3 is 91.4 Å². The SMILES string of the molecule is COP(O)(O)(C1CCCC1)C1CCCC1. The Morgan fingerprint density at radius 1 is 0.867 bits per heavy atom. The molecule has 0 aromatic carbocycles. The Kier molecular flexibility index (Phi) is 3.11. The molecule has 4 heteroatoms. The second-order valence-corrected chi connectivity index (χ2v) is 9.11. The average molecular weight is 234 g/mol. The van der Waals surface area contributed by atoms with E-state index in [9.17, 15) is 9.79 Å². The van der Waals surface area contributed by atoms with Crippen LogP contribution < -0.4 is 0 Å². The summed E-state index contributed by atoms with van der Waals surface area (Å²) in [6.45, 7) is 0. The van der Waals surface area contributed by atoms with E-state index >= 15 is 0 Å². The first-order valence-electron chi connectivity index (χ1n) is 6.14. The summed E-state index contributed by atoms with van der Waals surface area (Å²) in [5.41, 5.74) is 0.0631. The summed E-state index contributed by atoms with van der Waals surface area (Å²) in [4.78, 5) is 21.5. The summed E-state index contributed by atoms with van der Waals surface area (Å²) in [6.07, 6.45) is 8.26. The molecule has 2 N–H and O–H groups in total. The van der Waals surface area contributed by atoms with Crippen LogP contribution in [-0.4, -0.2) is 28.2 Å². The number of rotatable bonds is 3. The third-order valence-corrected chi connectivity index (χ3v) is 8.92. The van der Waals surface area contributed by atoms with Gasteiger partial charge in [-0.05, 0) is 0 Å². The minimum atomic E-state index is -3.84. The van der Waals surface area contributed by atoms with Crippen molar-refractivity contribution in [2.24, 2.45) is 0 Å². The van der Waals surface area contributed by atoms with Gasteiger partial charge in [0.25, 0.3) is 0 Å². The molecular weight excluding hydrogens is 211 g/mol. The van der Waals surface area contributed by atoms with Crippen molar-refractivity contribution in [3.05, 3.63) is 0 Å². The Morgan fingerprint density at radius 2 is 1.20 bits per heavy atom. The van der Waals surface area contributed by atoms with Crippen LogP contribution in [0.1, 0.15) is 51.4 Å². The van der Waals surface area contributed by atoms with Crippen LogP contribution in [0.25, 0.3) is 0 Å². The third-order valence-electron chi connectivity index (χ3n) is 4.40. The molecule has 0 atom stereocenters. The van der Waals surface area contributed by atoms with Gasteiger partial charge in [-0.25, -0.2) is 0 Å². The van der Waals surface area contributed by atoms with Gasteiger partial charge in [-0.15, -0.1) is 0 Å². The molecule has 2 aliphatic rings. The van der Waals surface area contributed by atoms with E-state index < -0.39 is 7.28 Å². The molecule has 0 radical (unpaired) electrons. The first kappa shape index (κ1) is 11.8. The average Bonchev–Trinajstić information content (AvgIpc) is 2.91. The molecule has 90 valence electrons. The van der Waals surface area contributed by atoms with Gasteiger partial charge in [0.15, 0.2) is 0 Å². The summed E-state index contributed by atoms with van der Waals surface area (Å²) >= 11 is 0. The Bertz CT molecular complexity index is 210. The van der Waals surface area contributed by atoms with Gasteiger partial charge in [-0.3, -0.25) is 0 Å². The molecule has 0 unspecified atom stereocenters. The third kappa shape index (κ3) is 1.84. The zero-order valence-electron chi connectivity index (χ0n) is 9.56. The van der Waals surface area contributed by atoms with E-state index in [1.54, 1.807) is 0 Å². The molecular formula is C11H23O3P. The first-order valence-corrected chi connectivity index (χ1v) is 8.34. The van der Waals surface area contributed by atoms with Crippen molar-refractivity contribution in [2.45, 2.75) is 62.7 Å². The second kappa shape index (κ2) is 3.96.